The number of aliphatic hydroxyl groups excluding tert-OH is 1. The van der Waals surface area contributed by atoms with Crippen molar-refractivity contribution in [3.05, 3.63) is 11.1 Å². The lowest BCUT2D eigenvalue weighted by Crippen LogP contribution is -2.64. The van der Waals surface area contributed by atoms with Gasteiger partial charge in [-0.1, -0.05) is 19.4 Å². The summed E-state index contributed by atoms with van der Waals surface area (Å²) >= 11 is 0. The van der Waals surface area contributed by atoms with E-state index in [0.29, 0.717) is 17.4 Å². The average molecular weight is 457 g/mol. The normalized spacial score (nSPS) is 48.2. The molecule has 0 unspecified atom stereocenters. The number of hydrogen-bond acceptors (Lipinski definition) is 3. The highest BCUT2D eigenvalue weighted by Gasteiger charge is 2.63. The number of nitrogens with zero attached hydrogens (tertiary/aromatic N) is 2. The second-order valence-electron chi connectivity index (χ2n) is 13.5. The lowest BCUT2D eigenvalue weighted by molar-refractivity contribution is -0.173. The lowest BCUT2D eigenvalue weighted by Gasteiger charge is -2.63. The summed E-state index contributed by atoms with van der Waals surface area (Å²) in [5, 5.41) is 11.6. The molecule has 5 rings (SSSR count). The molecular formula is C29H48N2O2. The minimum Gasteiger partial charge on any atom is -0.391 e. The van der Waals surface area contributed by atoms with E-state index in [-0.39, 0.29) is 23.5 Å². The molecule has 1 aliphatic heterocycles. The smallest absolute Gasteiger partial charge is 0.252 e. The van der Waals surface area contributed by atoms with Gasteiger partial charge in [0, 0.05) is 11.6 Å². The summed E-state index contributed by atoms with van der Waals surface area (Å²) < 4.78 is 0. The number of rotatable bonds is 3. The van der Waals surface area contributed by atoms with Gasteiger partial charge >= 0.3 is 0 Å². The van der Waals surface area contributed by atoms with E-state index in [0.717, 1.165) is 54.2 Å². The Bertz CT molecular complexity index is 831. The van der Waals surface area contributed by atoms with E-state index in [1.165, 1.54) is 38.5 Å². The fourth-order valence-electron chi connectivity index (χ4n) is 9.88. The van der Waals surface area contributed by atoms with Gasteiger partial charge in [-0.15, -0.1) is 0 Å². The minimum absolute atomic E-state index is 0.0286. The van der Waals surface area contributed by atoms with E-state index >= 15 is 0 Å². The second-order valence-corrected chi connectivity index (χ2v) is 13.5. The van der Waals surface area contributed by atoms with E-state index in [2.05, 4.69) is 39.8 Å². The van der Waals surface area contributed by atoms with Gasteiger partial charge in [0.05, 0.1) is 18.7 Å². The maximum Gasteiger partial charge on any atom is 0.252 e. The lowest BCUT2D eigenvalue weighted by atomic mass is 9.44. The summed E-state index contributed by atoms with van der Waals surface area (Å²) in [6.07, 6.45) is 9.71. The molecule has 186 valence electrons. The van der Waals surface area contributed by atoms with Crippen molar-refractivity contribution in [1.82, 2.24) is 9.80 Å². The van der Waals surface area contributed by atoms with Gasteiger partial charge in [-0.2, -0.15) is 0 Å². The highest BCUT2D eigenvalue weighted by molar-refractivity contribution is 6.01. The molecule has 0 aromatic rings. The zero-order chi connectivity index (χ0) is 23.9. The predicted octanol–water partition coefficient (Wildman–Crippen LogP) is 5.11. The largest absolute Gasteiger partial charge is 0.391 e. The average Bonchev–Trinajstić information content (AvgIpc) is 3.10. The number of hydrogen-bond donors (Lipinski definition) is 1. The third kappa shape index (κ3) is 3.33. The fraction of sp³-hybridized carbons (Fsp3) is 0.897. The predicted molar refractivity (Wildman–Crippen MR) is 134 cm³/mol. The van der Waals surface area contributed by atoms with Crippen LogP contribution in [0.25, 0.3) is 0 Å². The van der Waals surface area contributed by atoms with Crippen LogP contribution in [0, 0.1) is 40.4 Å². The van der Waals surface area contributed by atoms with Crippen molar-refractivity contribution in [2.24, 2.45) is 40.4 Å². The molecule has 4 saturated carbocycles. The van der Waals surface area contributed by atoms with E-state index in [4.69, 9.17) is 0 Å². The molecule has 1 amide bonds. The van der Waals surface area contributed by atoms with Gasteiger partial charge in [-0.05, 0) is 127 Å². The molecule has 5 fully saturated rings. The molecule has 0 aromatic heterocycles. The second kappa shape index (κ2) is 8.08. The Morgan fingerprint density at radius 2 is 1.61 bits per heavy atom. The molecular weight excluding hydrogens is 408 g/mol. The molecule has 1 saturated heterocycles. The number of allylic oxidation sites excluding steroid dienone is 1. The van der Waals surface area contributed by atoms with Crippen LogP contribution in [0.5, 0.6) is 0 Å². The van der Waals surface area contributed by atoms with Gasteiger partial charge in [0.2, 0.25) is 0 Å². The summed E-state index contributed by atoms with van der Waals surface area (Å²) in [6, 6.07) is 0.682. The summed E-state index contributed by atoms with van der Waals surface area (Å²) in [4.78, 5) is 17.2. The molecule has 4 nitrogen and oxygen atoms in total. The van der Waals surface area contributed by atoms with Gasteiger partial charge < -0.3 is 14.9 Å². The SMILES string of the molecule is CC(C)=C1CN([C@H]2CC[C@@]3(C)[C@@H](CC[C@@H]4[C@@H]3CC[C@]3(C)[C@@H]([C@H](C)N(C)C)CC[C@@H]43)[C@H]2O)C1=O. The minimum atomic E-state index is -0.356. The molecule has 0 radical (unpaired) electrons. The number of aliphatic hydroxyl groups is 1. The van der Waals surface area contributed by atoms with Crippen molar-refractivity contribution in [1.29, 1.82) is 0 Å². The molecule has 33 heavy (non-hydrogen) atoms. The van der Waals surface area contributed by atoms with Crippen molar-refractivity contribution in [2.45, 2.75) is 104 Å². The monoisotopic (exact) mass is 456 g/mol. The molecule has 5 aliphatic rings. The molecule has 10 atom stereocenters. The number of fused-ring (bicyclic) bond motifs is 5. The topological polar surface area (TPSA) is 43.8 Å². The Morgan fingerprint density at radius 1 is 0.970 bits per heavy atom. The number of β-lactam (4-membered cyclic amide) rings is 1. The molecule has 0 aromatic carbocycles. The molecule has 4 heteroatoms. The number of carbonyl (C=O) groups excluding carboxylic acids is 1. The third-order valence-electron chi connectivity index (χ3n) is 12.0. The molecule has 1 heterocycles. The van der Waals surface area contributed by atoms with Crippen molar-refractivity contribution >= 4 is 5.91 Å². The summed E-state index contributed by atoms with van der Waals surface area (Å²) in [6.45, 7) is 12.4. The van der Waals surface area contributed by atoms with E-state index in [1.54, 1.807) is 0 Å². The van der Waals surface area contributed by atoms with Crippen molar-refractivity contribution < 1.29 is 9.90 Å². The Kier molecular flexibility index (Phi) is 5.84. The quantitative estimate of drug-likeness (QED) is 0.474. The van der Waals surface area contributed by atoms with E-state index in [1.807, 2.05) is 18.7 Å². The van der Waals surface area contributed by atoms with E-state index < -0.39 is 0 Å². The highest BCUT2D eigenvalue weighted by atomic mass is 16.3. The van der Waals surface area contributed by atoms with Crippen LogP contribution in [0.15, 0.2) is 11.1 Å². The first-order valence-electron chi connectivity index (χ1n) is 13.8. The maximum absolute atomic E-state index is 12.8. The first-order chi connectivity index (χ1) is 15.5. The Hall–Kier alpha value is -0.870. The van der Waals surface area contributed by atoms with Crippen LogP contribution < -0.4 is 0 Å². The third-order valence-corrected chi connectivity index (χ3v) is 12.0. The Labute approximate surface area is 202 Å². The van der Waals surface area contributed by atoms with Gasteiger partial charge in [0.15, 0.2) is 0 Å². The van der Waals surface area contributed by atoms with Crippen LogP contribution in [-0.2, 0) is 4.79 Å². The number of likely N-dealkylation sites (tertiary alicyclic amines) is 1. The molecule has 4 aliphatic carbocycles. The van der Waals surface area contributed by atoms with Gasteiger partial charge in [0.1, 0.15) is 0 Å². The number of amides is 1. The van der Waals surface area contributed by atoms with Gasteiger partial charge in [0.25, 0.3) is 5.91 Å². The highest BCUT2D eigenvalue weighted by Crippen LogP contribution is 2.68. The standard InChI is InChI=1S/C29H48N2O2/c1-17(2)20-16-31(27(20)33)25-13-15-29(5)23-12-14-28(4)21(18(3)30(6)7)10-11-22(28)19(23)8-9-24(29)26(25)32/h18-19,21-26,32H,8-16H2,1-7H3/t18-,19-,21+,22-,23-,24-,25-,26+,28+,29+/m0/s1. The first-order valence-corrected chi connectivity index (χ1v) is 13.8. The van der Waals surface area contributed by atoms with Crippen molar-refractivity contribution in [3.63, 3.8) is 0 Å². The number of carbonyl (C=O) groups is 1. The zero-order valence-corrected chi connectivity index (χ0v) is 22.2. The van der Waals surface area contributed by atoms with Crippen LogP contribution in [0.2, 0.25) is 0 Å². The molecule has 0 spiro atoms. The Morgan fingerprint density at radius 3 is 2.24 bits per heavy atom. The zero-order valence-electron chi connectivity index (χ0n) is 22.2. The fourth-order valence-corrected chi connectivity index (χ4v) is 9.88. The van der Waals surface area contributed by atoms with Crippen molar-refractivity contribution in [3.8, 4) is 0 Å². The summed E-state index contributed by atoms with van der Waals surface area (Å²) in [7, 11) is 4.50. The first kappa shape index (κ1) is 23.9. The van der Waals surface area contributed by atoms with Crippen LogP contribution >= 0.6 is 0 Å². The van der Waals surface area contributed by atoms with Gasteiger partial charge in [-0.3, -0.25) is 4.79 Å². The molecule has 0 bridgehead atoms. The van der Waals surface area contributed by atoms with Crippen LogP contribution in [0.1, 0.15) is 86.0 Å². The van der Waals surface area contributed by atoms with E-state index in [9.17, 15) is 9.90 Å². The van der Waals surface area contributed by atoms with Gasteiger partial charge in [-0.25, -0.2) is 0 Å². The summed E-state index contributed by atoms with van der Waals surface area (Å²) in [5.74, 6) is 3.77. The van der Waals surface area contributed by atoms with Crippen LogP contribution in [0.3, 0.4) is 0 Å². The summed E-state index contributed by atoms with van der Waals surface area (Å²) in [5.41, 5.74) is 2.82. The van der Waals surface area contributed by atoms with Crippen LogP contribution in [-0.4, -0.2) is 59.6 Å². The molecule has 1 N–H and O–H groups in total. The Balaban J connectivity index is 1.34. The van der Waals surface area contributed by atoms with Crippen LogP contribution in [0.4, 0.5) is 0 Å². The maximum atomic E-state index is 12.8. The van der Waals surface area contributed by atoms with Crippen molar-refractivity contribution in [2.75, 3.05) is 20.6 Å².